The molecule has 0 saturated carbocycles. The van der Waals surface area contributed by atoms with Crippen LogP contribution in [0.4, 0.5) is 0 Å². The molecular weight excluding hydrogens is 353 g/mol. The Kier molecular flexibility index (Phi) is 4.36. The number of nitrogens with zero attached hydrogens (tertiary/aromatic N) is 3. The molecule has 0 atom stereocenters. The molecule has 3 aromatic heterocycles. The van der Waals surface area contributed by atoms with Crippen molar-refractivity contribution in [3.63, 3.8) is 0 Å². The van der Waals surface area contributed by atoms with Gasteiger partial charge >= 0.3 is 0 Å². The van der Waals surface area contributed by atoms with E-state index in [1.807, 2.05) is 23.6 Å². The number of thiophene rings is 1. The van der Waals surface area contributed by atoms with Crippen LogP contribution in [0.3, 0.4) is 0 Å². The Morgan fingerprint density at radius 2 is 2.09 bits per heavy atom. The summed E-state index contributed by atoms with van der Waals surface area (Å²) in [4.78, 5) is 19.0. The second-order valence-electron chi connectivity index (χ2n) is 5.55. The molecule has 3 heterocycles. The number of pyridine rings is 1. The molecule has 0 aromatic carbocycles. The number of fused-ring (bicyclic) bond motifs is 1. The summed E-state index contributed by atoms with van der Waals surface area (Å²) in [6, 6.07) is 4.04. The smallest absolute Gasteiger partial charge is 0.241 e. The molecule has 0 fully saturated rings. The lowest BCUT2D eigenvalue weighted by molar-refractivity contribution is -0.129. The number of halogens is 2. The normalized spacial score (nSPS) is 11.2. The molecule has 0 unspecified atom stereocenters. The number of aryl methyl sites for hydroxylation is 1. The average molecular weight is 368 g/mol. The van der Waals surface area contributed by atoms with E-state index in [0.717, 1.165) is 25.9 Å². The number of rotatable bonds is 3. The first kappa shape index (κ1) is 16.3. The Morgan fingerprint density at radius 3 is 2.70 bits per heavy atom. The zero-order valence-electron chi connectivity index (χ0n) is 12.9. The highest BCUT2D eigenvalue weighted by Gasteiger charge is 2.14. The Bertz CT molecular complexity index is 879. The first-order valence-corrected chi connectivity index (χ1v) is 8.55. The van der Waals surface area contributed by atoms with Crippen LogP contribution < -0.4 is 0 Å². The molecule has 0 saturated heterocycles. The van der Waals surface area contributed by atoms with Gasteiger partial charge in [-0.1, -0.05) is 23.2 Å². The summed E-state index contributed by atoms with van der Waals surface area (Å²) in [7, 11) is 3.46. The minimum absolute atomic E-state index is 0.000942. The third-order valence-corrected chi connectivity index (χ3v) is 5.50. The first-order chi connectivity index (χ1) is 10.9. The van der Waals surface area contributed by atoms with Crippen molar-refractivity contribution in [2.45, 2.75) is 13.5 Å². The quantitative estimate of drug-likeness (QED) is 0.684. The lowest BCUT2D eigenvalue weighted by Crippen LogP contribution is -2.25. The van der Waals surface area contributed by atoms with Crippen LogP contribution in [-0.4, -0.2) is 34.5 Å². The Labute approximate surface area is 148 Å². The van der Waals surface area contributed by atoms with Crippen molar-refractivity contribution >= 4 is 51.5 Å². The minimum atomic E-state index is -0.000942. The molecule has 0 aliphatic rings. The van der Waals surface area contributed by atoms with Crippen molar-refractivity contribution in [1.29, 1.82) is 0 Å². The number of carbonyl (C=O) groups excluding carboxylic acids is 1. The molecule has 0 aliphatic carbocycles. The van der Waals surface area contributed by atoms with E-state index in [4.69, 9.17) is 23.2 Å². The molecule has 120 valence electrons. The monoisotopic (exact) mass is 367 g/mol. The van der Waals surface area contributed by atoms with Crippen LogP contribution in [0.1, 0.15) is 5.56 Å². The van der Waals surface area contributed by atoms with Crippen LogP contribution in [0.2, 0.25) is 9.36 Å². The van der Waals surface area contributed by atoms with Crippen LogP contribution >= 0.6 is 34.5 Å². The van der Waals surface area contributed by atoms with Gasteiger partial charge in [0, 0.05) is 36.9 Å². The van der Waals surface area contributed by atoms with E-state index in [0.29, 0.717) is 10.5 Å². The Balaban J connectivity index is 2.08. The largest absolute Gasteiger partial charge is 0.347 e. The van der Waals surface area contributed by atoms with Gasteiger partial charge in [0.15, 0.2) is 0 Å². The first-order valence-electron chi connectivity index (χ1n) is 6.97. The lowest BCUT2D eigenvalue weighted by Gasteiger charge is -2.11. The molecule has 0 radical (unpaired) electrons. The molecular formula is C16H15Cl2N3OS. The number of hydrogen-bond acceptors (Lipinski definition) is 3. The maximum absolute atomic E-state index is 12.0. The van der Waals surface area contributed by atoms with Gasteiger partial charge in [0.2, 0.25) is 5.91 Å². The number of aromatic nitrogens is 2. The number of likely N-dealkylation sites (N-methyl/N-ethyl adjacent to an activating group) is 1. The molecule has 0 bridgehead atoms. The second-order valence-corrected chi connectivity index (χ2v) is 7.61. The van der Waals surface area contributed by atoms with Crippen LogP contribution in [0.15, 0.2) is 24.5 Å². The predicted molar refractivity (Wildman–Crippen MR) is 96.5 cm³/mol. The van der Waals surface area contributed by atoms with Gasteiger partial charge in [0.25, 0.3) is 0 Å². The number of hydrogen-bond donors (Lipinski definition) is 0. The van der Waals surface area contributed by atoms with Crippen molar-refractivity contribution in [3.05, 3.63) is 39.4 Å². The molecule has 0 spiro atoms. The molecule has 23 heavy (non-hydrogen) atoms. The highest BCUT2D eigenvalue weighted by Crippen LogP contribution is 2.36. The van der Waals surface area contributed by atoms with Gasteiger partial charge in [-0.25, -0.2) is 0 Å². The molecule has 7 heteroatoms. The third-order valence-electron chi connectivity index (χ3n) is 3.62. The van der Waals surface area contributed by atoms with E-state index in [2.05, 4.69) is 4.98 Å². The van der Waals surface area contributed by atoms with E-state index >= 15 is 0 Å². The summed E-state index contributed by atoms with van der Waals surface area (Å²) in [5.74, 6) is -0.000942. The zero-order valence-corrected chi connectivity index (χ0v) is 15.3. The van der Waals surface area contributed by atoms with Gasteiger partial charge in [0.05, 0.1) is 14.9 Å². The molecule has 0 aliphatic heterocycles. The molecule has 1 amide bonds. The topological polar surface area (TPSA) is 38.1 Å². The standard InChI is InChI=1S/C16H15Cl2N3OS/c1-9-4-13(23-16(9)18)10-5-12-15(19-6-10)11(17)7-21(12)8-14(22)20(2)3/h4-7H,8H2,1-3H3. The zero-order chi connectivity index (χ0) is 16.7. The summed E-state index contributed by atoms with van der Waals surface area (Å²) < 4.78 is 2.61. The summed E-state index contributed by atoms with van der Waals surface area (Å²) >= 11 is 13.9. The van der Waals surface area contributed by atoms with Crippen molar-refractivity contribution in [2.75, 3.05) is 14.1 Å². The van der Waals surface area contributed by atoms with Gasteiger partial charge in [-0.3, -0.25) is 9.78 Å². The molecule has 3 aromatic rings. The van der Waals surface area contributed by atoms with Gasteiger partial charge in [-0.2, -0.15) is 0 Å². The number of amides is 1. The maximum Gasteiger partial charge on any atom is 0.241 e. The Morgan fingerprint density at radius 1 is 1.35 bits per heavy atom. The van der Waals surface area contributed by atoms with E-state index in [9.17, 15) is 4.79 Å². The Hall–Kier alpha value is -1.56. The van der Waals surface area contributed by atoms with Gasteiger partial charge in [-0.05, 0) is 24.6 Å². The van der Waals surface area contributed by atoms with Gasteiger partial charge in [-0.15, -0.1) is 11.3 Å². The average Bonchev–Trinajstić information content (AvgIpc) is 3.00. The second kappa shape index (κ2) is 6.15. The van der Waals surface area contributed by atoms with Crippen molar-refractivity contribution in [1.82, 2.24) is 14.5 Å². The molecule has 0 N–H and O–H groups in total. The van der Waals surface area contributed by atoms with Crippen LogP contribution in [0.5, 0.6) is 0 Å². The van der Waals surface area contributed by atoms with E-state index in [1.54, 1.807) is 31.4 Å². The fraction of sp³-hybridized carbons (Fsp3) is 0.250. The van der Waals surface area contributed by atoms with E-state index in [-0.39, 0.29) is 12.5 Å². The minimum Gasteiger partial charge on any atom is -0.347 e. The van der Waals surface area contributed by atoms with Crippen LogP contribution in [0, 0.1) is 6.92 Å². The highest BCUT2D eigenvalue weighted by atomic mass is 35.5. The fourth-order valence-corrected chi connectivity index (χ4v) is 3.72. The van der Waals surface area contributed by atoms with Gasteiger partial charge < -0.3 is 9.47 Å². The highest BCUT2D eigenvalue weighted by molar-refractivity contribution is 7.19. The summed E-state index contributed by atoms with van der Waals surface area (Å²) in [5, 5.41) is 0.540. The number of carbonyl (C=O) groups is 1. The molecule has 4 nitrogen and oxygen atoms in total. The predicted octanol–water partition coefficient (Wildman–Crippen LogP) is 4.47. The van der Waals surface area contributed by atoms with Crippen LogP contribution in [0.25, 0.3) is 21.5 Å². The molecule has 3 rings (SSSR count). The fourth-order valence-electron chi connectivity index (χ4n) is 2.28. The van der Waals surface area contributed by atoms with Crippen molar-refractivity contribution < 1.29 is 4.79 Å². The SMILES string of the molecule is Cc1cc(-c2cnc3c(Cl)cn(CC(=O)N(C)C)c3c2)sc1Cl. The van der Waals surface area contributed by atoms with Crippen molar-refractivity contribution in [2.24, 2.45) is 0 Å². The van der Waals surface area contributed by atoms with E-state index in [1.165, 1.54) is 11.3 Å². The lowest BCUT2D eigenvalue weighted by atomic mass is 10.2. The van der Waals surface area contributed by atoms with Crippen molar-refractivity contribution in [3.8, 4) is 10.4 Å². The maximum atomic E-state index is 12.0. The summed E-state index contributed by atoms with van der Waals surface area (Å²) in [6.45, 7) is 2.20. The third kappa shape index (κ3) is 3.09. The summed E-state index contributed by atoms with van der Waals surface area (Å²) in [5.41, 5.74) is 3.54. The summed E-state index contributed by atoms with van der Waals surface area (Å²) in [6.07, 6.45) is 3.53. The van der Waals surface area contributed by atoms with Gasteiger partial charge in [0.1, 0.15) is 12.1 Å². The van der Waals surface area contributed by atoms with E-state index < -0.39 is 0 Å². The van der Waals surface area contributed by atoms with Crippen LogP contribution in [-0.2, 0) is 11.3 Å².